The van der Waals surface area contributed by atoms with Crippen LogP contribution in [0, 0.1) is 0 Å². The fraction of sp³-hybridized carbons (Fsp3) is 0.211. The molecule has 2 heterocycles. The van der Waals surface area contributed by atoms with Gasteiger partial charge < -0.3 is 15.2 Å². The fourth-order valence-corrected chi connectivity index (χ4v) is 3.09. The van der Waals surface area contributed by atoms with Gasteiger partial charge in [-0.3, -0.25) is 9.78 Å². The molecule has 1 unspecified atom stereocenters. The van der Waals surface area contributed by atoms with Crippen LogP contribution in [0.25, 0.3) is 0 Å². The fourth-order valence-electron chi connectivity index (χ4n) is 2.57. The lowest BCUT2D eigenvalue weighted by atomic mass is 10.1. The number of halogens is 3. The van der Waals surface area contributed by atoms with Crippen LogP contribution in [0.1, 0.15) is 23.7 Å². The maximum atomic E-state index is 12.0. The third kappa shape index (κ3) is 6.17. The summed E-state index contributed by atoms with van der Waals surface area (Å²) in [7, 11) is 0. The van der Waals surface area contributed by atoms with Crippen molar-refractivity contribution in [3.63, 3.8) is 0 Å². The first kappa shape index (κ1) is 23.2. The van der Waals surface area contributed by atoms with Crippen LogP contribution in [0.2, 0.25) is 5.02 Å². The van der Waals surface area contributed by atoms with Crippen LogP contribution in [0.3, 0.4) is 0 Å². The summed E-state index contributed by atoms with van der Waals surface area (Å²) in [6.07, 6.45) is 3.30. The summed E-state index contributed by atoms with van der Waals surface area (Å²) in [5.41, 5.74) is 1.81. The van der Waals surface area contributed by atoms with Gasteiger partial charge in [-0.25, -0.2) is 5.10 Å². The molecule has 0 saturated heterocycles. The van der Waals surface area contributed by atoms with Gasteiger partial charge in [0.2, 0.25) is 0 Å². The highest BCUT2D eigenvalue weighted by atomic mass is 79.9. The minimum atomic E-state index is -0.466. The lowest BCUT2D eigenvalue weighted by Gasteiger charge is -2.20. The molecule has 0 aliphatic heterocycles. The molecule has 0 aliphatic carbocycles. The van der Waals surface area contributed by atoms with E-state index in [4.69, 9.17) is 16.3 Å². The summed E-state index contributed by atoms with van der Waals surface area (Å²) in [6, 6.07) is 10.9. The van der Waals surface area contributed by atoms with Gasteiger partial charge >= 0.3 is 0 Å². The summed E-state index contributed by atoms with van der Waals surface area (Å²) in [5.74, 6) is 0.212. The van der Waals surface area contributed by atoms with Gasteiger partial charge in [0.1, 0.15) is 16.3 Å². The molecule has 0 fully saturated rings. The maximum absolute atomic E-state index is 12.0. The van der Waals surface area contributed by atoms with Crippen LogP contribution < -0.4 is 15.6 Å². The lowest BCUT2D eigenvalue weighted by Crippen LogP contribution is -2.18. The number of anilines is 1. The third-order valence-corrected chi connectivity index (χ3v) is 4.98. The van der Waals surface area contributed by atoms with Crippen molar-refractivity contribution >= 4 is 45.6 Å². The summed E-state index contributed by atoms with van der Waals surface area (Å²) in [6.45, 7) is 0.357. The first-order valence-corrected chi connectivity index (χ1v) is 9.69. The number of ether oxygens (including phenoxy) is 1. The van der Waals surface area contributed by atoms with Crippen LogP contribution in [-0.4, -0.2) is 26.9 Å². The molecule has 2 aromatic heterocycles. The van der Waals surface area contributed by atoms with Gasteiger partial charge in [0, 0.05) is 37.0 Å². The SMILES string of the molecule is Cl.O=c1[nH]nc(OC(CCO)c2ccc(Cl)cc2)c(NCc2cccnc2)c1Br. The number of aromatic nitrogens is 3. The summed E-state index contributed by atoms with van der Waals surface area (Å²) in [5, 5.41) is 19.7. The second-order valence-corrected chi connectivity index (χ2v) is 7.16. The quantitative estimate of drug-likeness (QED) is 0.429. The van der Waals surface area contributed by atoms with Crippen molar-refractivity contribution in [3.05, 3.63) is 79.8 Å². The van der Waals surface area contributed by atoms with Crippen molar-refractivity contribution in [1.82, 2.24) is 15.2 Å². The number of aliphatic hydroxyl groups excluding tert-OH is 1. The second kappa shape index (κ2) is 11.2. The standard InChI is InChI=1S/C19H18BrClN4O3.ClH/c20-16-17(23-11-12-2-1-8-22-10-12)19(25-24-18(16)27)28-15(7-9-26)13-3-5-14(21)6-4-13;/h1-6,8,10,15,26H,7,9,11H2,(H2,23,24,27);1H. The van der Waals surface area contributed by atoms with Crippen LogP contribution in [0.4, 0.5) is 5.69 Å². The molecule has 10 heteroatoms. The Morgan fingerprint density at radius 3 is 2.69 bits per heavy atom. The number of aromatic amines is 1. The highest BCUT2D eigenvalue weighted by molar-refractivity contribution is 9.10. The molecule has 3 aromatic rings. The average Bonchev–Trinajstić information content (AvgIpc) is 2.71. The molecule has 0 saturated carbocycles. The summed E-state index contributed by atoms with van der Waals surface area (Å²) in [4.78, 5) is 16.1. The number of nitrogens with zero attached hydrogens (tertiary/aromatic N) is 2. The highest BCUT2D eigenvalue weighted by Gasteiger charge is 2.19. The predicted octanol–water partition coefficient (Wildman–Crippen LogP) is 4.12. The van der Waals surface area contributed by atoms with E-state index in [0.29, 0.717) is 23.7 Å². The maximum Gasteiger partial charge on any atom is 0.280 e. The van der Waals surface area contributed by atoms with Crippen molar-refractivity contribution in [2.24, 2.45) is 0 Å². The molecule has 3 rings (SSSR count). The van der Waals surface area contributed by atoms with E-state index in [-0.39, 0.29) is 34.9 Å². The smallest absolute Gasteiger partial charge is 0.280 e. The number of hydrogen-bond acceptors (Lipinski definition) is 6. The molecule has 3 N–H and O–H groups in total. The first-order valence-electron chi connectivity index (χ1n) is 8.52. The molecule has 29 heavy (non-hydrogen) atoms. The van der Waals surface area contributed by atoms with Crippen LogP contribution in [-0.2, 0) is 6.54 Å². The van der Waals surface area contributed by atoms with Crippen LogP contribution in [0.5, 0.6) is 5.88 Å². The molecule has 0 spiro atoms. The molecule has 0 aliphatic rings. The zero-order valence-electron chi connectivity index (χ0n) is 15.1. The Labute approximate surface area is 187 Å². The van der Waals surface area contributed by atoms with Crippen LogP contribution in [0.15, 0.2) is 58.1 Å². The normalized spacial score (nSPS) is 11.4. The topological polar surface area (TPSA) is 100 Å². The Morgan fingerprint density at radius 1 is 1.28 bits per heavy atom. The van der Waals surface area contributed by atoms with Gasteiger partial charge in [-0.15, -0.1) is 17.5 Å². The Hall–Kier alpha value is -2.13. The van der Waals surface area contributed by atoms with E-state index in [0.717, 1.165) is 11.1 Å². The zero-order valence-corrected chi connectivity index (χ0v) is 18.3. The van der Waals surface area contributed by atoms with E-state index in [1.807, 2.05) is 24.3 Å². The molecule has 0 amide bonds. The minimum absolute atomic E-state index is 0. The van der Waals surface area contributed by atoms with Gasteiger partial charge in [-0.2, -0.15) is 0 Å². The second-order valence-electron chi connectivity index (χ2n) is 5.93. The summed E-state index contributed by atoms with van der Waals surface area (Å²) < 4.78 is 6.32. The van der Waals surface area contributed by atoms with E-state index >= 15 is 0 Å². The van der Waals surface area contributed by atoms with E-state index < -0.39 is 6.10 Å². The largest absolute Gasteiger partial charge is 0.467 e. The average molecular weight is 502 g/mol. The summed E-state index contributed by atoms with van der Waals surface area (Å²) >= 11 is 9.24. The first-order chi connectivity index (χ1) is 13.6. The predicted molar refractivity (Wildman–Crippen MR) is 118 cm³/mol. The Morgan fingerprint density at radius 2 is 2.03 bits per heavy atom. The number of pyridine rings is 1. The minimum Gasteiger partial charge on any atom is -0.467 e. The van der Waals surface area contributed by atoms with Crippen LogP contribution >= 0.6 is 39.9 Å². The van der Waals surface area contributed by atoms with Gasteiger partial charge in [-0.05, 0) is 45.3 Å². The molecule has 1 aromatic carbocycles. The van der Waals surface area contributed by atoms with E-state index in [1.54, 1.807) is 24.5 Å². The Balaban J connectivity index is 0.00000300. The molecular formula is C19H19BrCl2N4O3. The van der Waals surface area contributed by atoms with E-state index in [2.05, 4.69) is 36.4 Å². The van der Waals surface area contributed by atoms with E-state index in [1.165, 1.54) is 0 Å². The van der Waals surface area contributed by atoms with Gasteiger partial charge in [-0.1, -0.05) is 29.8 Å². The third-order valence-electron chi connectivity index (χ3n) is 3.97. The zero-order chi connectivity index (χ0) is 19.9. The molecule has 1 atom stereocenters. The molecule has 7 nitrogen and oxygen atoms in total. The van der Waals surface area contributed by atoms with Crippen molar-refractivity contribution in [1.29, 1.82) is 0 Å². The lowest BCUT2D eigenvalue weighted by molar-refractivity contribution is 0.149. The van der Waals surface area contributed by atoms with Crippen molar-refractivity contribution in [2.45, 2.75) is 19.1 Å². The molecular weight excluding hydrogens is 483 g/mol. The highest BCUT2D eigenvalue weighted by Crippen LogP contribution is 2.32. The Bertz CT molecular complexity index is 971. The monoisotopic (exact) mass is 500 g/mol. The number of aliphatic hydroxyl groups is 1. The van der Waals surface area contributed by atoms with Gasteiger partial charge in [0.15, 0.2) is 0 Å². The number of H-pyrrole nitrogens is 1. The van der Waals surface area contributed by atoms with Gasteiger partial charge in [0.05, 0.1) is 0 Å². The molecule has 154 valence electrons. The molecule has 0 radical (unpaired) electrons. The molecule has 0 bridgehead atoms. The van der Waals surface area contributed by atoms with Crippen molar-refractivity contribution in [2.75, 3.05) is 11.9 Å². The number of hydrogen-bond donors (Lipinski definition) is 3. The van der Waals surface area contributed by atoms with Crippen molar-refractivity contribution in [3.8, 4) is 5.88 Å². The Kier molecular flexibility index (Phi) is 8.91. The number of rotatable bonds is 8. The van der Waals surface area contributed by atoms with E-state index in [9.17, 15) is 9.90 Å². The van der Waals surface area contributed by atoms with Gasteiger partial charge in [0.25, 0.3) is 11.4 Å². The number of nitrogens with one attached hydrogen (secondary N) is 2. The van der Waals surface area contributed by atoms with Crippen molar-refractivity contribution < 1.29 is 9.84 Å². The number of benzene rings is 1.